The highest BCUT2D eigenvalue weighted by molar-refractivity contribution is 5.30. The molecule has 1 aliphatic rings. The second kappa shape index (κ2) is 6.91. The van der Waals surface area contributed by atoms with Crippen LogP contribution in [0.4, 0.5) is 0 Å². The van der Waals surface area contributed by atoms with Gasteiger partial charge in [-0.25, -0.2) is 0 Å². The summed E-state index contributed by atoms with van der Waals surface area (Å²) in [4.78, 5) is 0. The maximum absolute atomic E-state index is 5.31. The van der Waals surface area contributed by atoms with Crippen molar-refractivity contribution in [1.29, 1.82) is 0 Å². The van der Waals surface area contributed by atoms with Crippen molar-refractivity contribution in [3.05, 3.63) is 35.4 Å². The number of aryl methyl sites for hydroxylation is 1. The minimum Gasteiger partial charge on any atom is -0.383 e. The molecule has 2 unspecified atom stereocenters. The van der Waals surface area contributed by atoms with Crippen LogP contribution < -0.4 is 5.32 Å². The van der Waals surface area contributed by atoms with Crippen LogP contribution in [0.5, 0.6) is 0 Å². The lowest BCUT2D eigenvalue weighted by atomic mass is 9.88. The molecule has 0 spiro atoms. The van der Waals surface area contributed by atoms with E-state index < -0.39 is 0 Å². The number of methoxy groups -OCH3 is 1. The van der Waals surface area contributed by atoms with Gasteiger partial charge in [0.2, 0.25) is 0 Å². The molecule has 0 aliphatic heterocycles. The molecule has 2 nitrogen and oxygen atoms in total. The second-order valence-corrected chi connectivity index (χ2v) is 5.32. The molecule has 18 heavy (non-hydrogen) atoms. The van der Waals surface area contributed by atoms with E-state index in [-0.39, 0.29) is 0 Å². The first-order valence-electron chi connectivity index (χ1n) is 7.15. The van der Waals surface area contributed by atoms with Gasteiger partial charge in [0.1, 0.15) is 0 Å². The number of nitrogens with one attached hydrogen (secondary N) is 1. The summed E-state index contributed by atoms with van der Waals surface area (Å²) in [5.74, 6) is 0. The van der Waals surface area contributed by atoms with Crippen LogP contribution >= 0.6 is 0 Å². The van der Waals surface area contributed by atoms with Crippen molar-refractivity contribution in [2.24, 2.45) is 0 Å². The summed E-state index contributed by atoms with van der Waals surface area (Å²) in [6.07, 6.45) is 6.04. The van der Waals surface area contributed by atoms with Crippen molar-refractivity contribution in [2.45, 2.75) is 51.1 Å². The molecular formula is C16H25NO. The number of hydrogen-bond acceptors (Lipinski definition) is 2. The van der Waals surface area contributed by atoms with E-state index in [0.717, 1.165) is 6.61 Å². The Morgan fingerprint density at radius 1 is 1.33 bits per heavy atom. The number of benzene rings is 1. The summed E-state index contributed by atoms with van der Waals surface area (Å²) in [7, 11) is 1.79. The summed E-state index contributed by atoms with van der Waals surface area (Å²) in [6.45, 7) is 3.06. The van der Waals surface area contributed by atoms with E-state index >= 15 is 0 Å². The summed E-state index contributed by atoms with van der Waals surface area (Å²) in [6, 6.07) is 9.97. The Labute approximate surface area is 111 Å². The lowest BCUT2D eigenvalue weighted by Crippen LogP contribution is -2.43. The third kappa shape index (κ3) is 3.56. The highest BCUT2D eigenvalue weighted by Gasteiger charge is 2.20. The van der Waals surface area contributed by atoms with Gasteiger partial charge >= 0.3 is 0 Å². The first kappa shape index (κ1) is 13.6. The van der Waals surface area contributed by atoms with Crippen LogP contribution in [-0.4, -0.2) is 25.8 Å². The number of fused-ring (bicyclic) bond motifs is 1. The zero-order valence-electron chi connectivity index (χ0n) is 11.6. The quantitative estimate of drug-likeness (QED) is 0.834. The van der Waals surface area contributed by atoms with Gasteiger partial charge in [0.15, 0.2) is 0 Å². The molecule has 0 bridgehead atoms. The molecule has 0 amide bonds. The molecule has 0 aromatic heterocycles. The molecule has 2 atom stereocenters. The minimum atomic E-state index is 0.510. The molecule has 0 fully saturated rings. The van der Waals surface area contributed by atoms with Gasteiger partial charge < -0.3 is 10.1 Å². The van der Waals surface area contributed by atoms with E-state index in [2.05, 4.69) is 36.5 Å². The van der Waals surface area contributed by atoms with Gasteiger partial charge in [-0.05, 0) is 36.8 Å². The highest BCUT2D eigenvalue weighted by Crippen LogP contribution is 2.21. The topological polar surface area (TPSA) is 21.3 Å². The Kier molecular flexibility index (Phi) is 5.21. The molecule has 1 aromatic rings. The largest absolute Gasteiger partial charge is 0.383 e. The van der Waals surface area contributed by atoms with Crippen molar-refractivity contribution in [3.8, 4) is 0 Å². The normalized spacial score (nSPS) is 20.4. The van der Waals surface area contributed by atoms with E-state index in [1.165, 1.54) is 43.2 Å². The van der Waals surface area contributed by atoms with Crippen LogP contribution in [0.3, 0.4) is 0 Å². The molecule has 0 radical (unpaired) electrons. The predicted molar refractivity (Wildman–Crippen MR) is 76.0 cm³/mol. The van der Waals surface area contributed by atoms with E-state index in [1.807, 2.05) is 0 Å². The molecule has 0 saturated heterocycles. The third-order valence-electron chi connectivity index (χ3n) is 3.82. The van der Waals surface area contributed by atoms with Gasteiger partial charge in [-0.3, -0.25) is 0 Å². The molecule has 2 heteroatoms. The highest BCUT2D eigenvalue weighted by atomic mass is 16.5. The van der Waals surface area contributed by atoms with Gasteiger partial charge in [-0.1, -0.05) is 37.6 Å². The van der Waals surface area contributed by atoms with Crippen LogP contribution in [0.2, 0.25) is 0 Å². The zero-order chi connectivity index (χ0) is 12.8. The monoisotopic (exact) mass is 247 g/mol. The van der Waals surface area contributed by atoms with Crippen molar-refractivity contribution in [3.63, 3.8) is 0 Å². The Hall–Kier alpha value is -0.860. The fraction of sp³-hybridized carbons (Fsp3) is 0.625. The van der Waals surface area contributed by atoms with Crippen LogP contribution in [-0.2, 0) is 17.6 Å². The average molecular weight is 247 g/mol. The van der Waals surface area contributed by atoms with Crippen LogP contribution in [0, 0.1) is 0 Å². The fourth-order valence-electron chi connectivity index (χ4n) is 2.94. The Bertz CT molecular complexity index is 358. The van der Waals surface area contributed by atoms with E-state index in [4.69, 9.17) is 4.74 Å². The lowest BCUT2D eigenvalue weighted by molar-refractivity contribution is 0.154. The van der Waals surface area contributed by atoms with Gasteiger partial charge in [-0.2, -0.15) is 0 Å². The number of hydrogen-bond donors (Lipinski definition) is 1. The summed E-state index contributed by atoms with van der Waals surface area (Å²) >= 11 is 0. The molecule has 0 saturated carbocycles. The standard InChI is InChI=1S/C16H25NO/c1-3-6-16(12-18-2)17-15-10-9-13-7-4-5-8-14(13)11-15/h4-5,7-8,15-17H,3,6,9-12H2,1-2H3. The van der Waals surface area contributed by atoms with Crippen LogP contribution in [0.15, 0.2) is 24.3 Å². The van der Waals surface area contributed by atoms with Crippen LogP contribution in [0.25, 0.3) is 0 Å². The van der Waals surface area contributed by atoms with Gasteiger partial charge in [0.25, 0.3) is 0 Å². The third-order valence-corrected chi connectivity index (χ3v) is 3.82. The Morgan fingerprint density at radius 3 is 2.83 bits per heavy atom. The fourth-order valence-corrected chi connectivity index (χ4v) is 2.94. The maximum atomic E-state index is 5.31. The first-order chi connectivity index (χ1) is 8.83. The van der Waals surface area contributed by atoms with Crippen LogP contribution in [0.1, 0.15) is 37.3 Å². The molecule has 1 aromatic carbocycles. The molecule has 1 aliphatic carbocycles. The van der Waals surface area contributed by atoms with Crippen molar-refractivity contribution in [1.82, 2.24) is 5.32 Å². The first-order valence-corrected chi connectivity index (χ1v) is 7.15. The molecule has 0 heterocycles. The molecular weight excluding hydrogens is 222 g/mol. The maximum Gasteiger partial charge on any atom is 0.0615 e. The number of ether oxygens (including phenoxy) is 1. The van der Waals surface area contributed by atoms with E-state index in [1.54, 1.807) is 7.11 Å². The summed E-state index contributed by atoms with van der Waals surface area (Å²) in [5.41, 5.74) is 3.06. The molecule has 1 N–H and O–H groups in total. The van der Waals surface area contributed by atoms with E-state index in [9.17, 15) is 0 Å². The lowest BCUT2D eigenvalue weighted by Gasteiger charge is -2.29. The minimum absolute atomic E-state index is 0.510. The zero-order valence-corrected chi connectivity index (χ0v) is 11.6. The van der Waals surface area contributed by atoms with Gasteiger partial charge in [0, 0.05) is 19.2 Å². The van der Waals surface area contributed by atoms with Gasteiger partial charge in [0.05, 0.1) is 6.61 Å². The second-order valence-electron chi connectivity index (χ2n) is 5.32. The Balaban J connectivity index is 1.91. The van der Waals surface area contributed by atoms with Crippen molar-refractivity contribution >= 4 is 0 Å². The van der Waals surface area contributed by atoms with Gasteiger partial charge in [-0.15, -0.1) is 0 Å². The Morgan fingerprint density at radius 2 is 2.11 bits per heavy atom. The van der Waals surface area contributed by atoms with E-state index in [0.29, 0.717) is 12.1 Å². The smallest absolute Gasteiger partial charge is 0.0615 e. The van der Waals surface area contributed by atoms with Crippen molar-refractivity contribution in [2.75, 3.05) is 13.7 Å². The molecule has 100 valence electrons. The average Bonchev–Trinajstić information content (AvgIpc) is 2.39. The number of rotatable bonds is 6. The SMILES string of the molecule is CCCC(COC)NC1CCc2ccccc2C1. The van der Waals surface area contributed by atoms with Crippen molar-refractivity contribution < 1.29 is 4.74 Å². The summed E-state index contributed by atoms with van der Waals surface area (Å²) < 4.78 is 5.31. The molecule has 2 rings (SSSR count). The summed E-state index contributed by atoms with van der Waals surface area (Å²) in [5, 5.41) is 3.77. The predicted octanol–water partition coefficient (Wildman–Crippen LogP) is 2.95.